The van der Waals surface area contributed by atoms with E-state index >= 15 is 0 Å². The highest BCUT2D eigenvalue weighted by atomic mass is 32.2. The molecule has 0 amide bonds. The molecule has 0 aliphatic carbocycles. The minimum atomic E-state index is -3.43. The monoisotopic (exact) mass is 277 g/mol. The molecule has 0 N–H and O–H groups in total. The number of sulfonamides is 1. The summed E-state index contributed by atoms with van der Waals surface area (Å²) < 4.78 is 26.6. The van der Waals surface area contributed by atoms with E-state index in [1.807, 2.05) is 32.9 Å². The van der Waals surface area contributed by atoms with E-state index in [-0.39, 0.29) is 0 Å². The Kier molecular flexibility index (Phi) is 3.65. The summed E-state index contributed by atoms with van der Waals surface area (Å²) >= 11 is 0. The van der Waals surface area contributed by atoms with E-state index < -0.39 is 10.0 Å². The quantitative estimate of drug-likeness (QED) is 0.833. The first kappa shape index (κ1) is 14.0. The van der Waals surface area contributed by atoms with E-state index in [2.05, 4.69) is 6.58 Å². The Morgan fingerprint density at radius 3 is 2.16 bits per heavy atom. The zero-order valence-electron chi connectivity index (χ0n) is 11.6. The summed E-state index contributed by atoms with van der Waals surface area (Å²) in [6.07, 6.45) is 0. The van der Waals surface area contributed by atoms with Gasteiger partial charge in [-0.2, -0.15) is 4.31 Å². The molecular formula is C15H19NO2S. The summed E-state index contributed by atoms with van der Waals surface area (Å²) in [5, 5.41) is 0. The molecular weight excluding hydrogens is 258 g/mol. The lowest BCUT2D eigenvalue weighted by molar-refractivity contribution is 0.451. The Hall–Kier alpha value is -1.39. The van der Waals surface area contributed by atoms with Crippen LogP contribution in [0.5, 0.6) is 0 Å². The summed E-state index contributed by atoms with van der Waals surface area (Å²) in [4.78, 5) is 0.346. The predicted molar refractivity (Wildman–Crippen MR) is 77.5 cm³/mol. The van der Waals surface area contributed by atoms with E-state index in [1.165, 1.54) is 4.31 Å². The van der Waals surface area contributed by atoms with Crippen LogP contribution in [0.3, 0.4) is 0 Å². The molecule has 1 heterocycles. The number of nitrogens with zero attached hydrogens (tertiary/aromatic N) is 1. The number of benzene rings is 1. The minimum absolute atomic E-state index is 0.346. The van der Waals surface area contributed by atoms with Crippen molar-refractivity contribution < 1.29 is 8.42 Å². The molecule has 19 heavy (non-hydrogen) atoms. The SMILES string of the molecule is C=C1CN(S(=O)(=O)c2ccc(C)cc2)CC(C)=C1C. The highest BCUT2D eigenvalue weighted by Crippen LogP contribution is 2.26. The Morgan fingerprint density at radius 2 is 1.63 bits per heavy atom. The fourth-order valence-corrected chi connectivity index (χ4v) is 3.57. The Labute approximate surface area is 115 Å². The van der Waals surface area contributed by atoms with Gasteiger partial charge in [-0.3, -0.25) is 0 Å². The maximum atomic E-state index is 12.6. The van der Waals surface area contributed by atoms with E-state index in [1.54, 1.807) is 12.1 Å². The van der Waals surface area contributed by atoms with Gasteiger partial charge in [0.2, 0.25) is 10.0 Å². The minimum Gasteiger partial charge on any atom is -0.207 e. The van der Waals surface area contributed by atoms with Crippen LogP contribution in [0, 0.1) is 6.92 Å². The lowest BCUT2D eigenvalue weighted by Gasteiger charge is -2.29. The fraction of sp³-hybridized carbons (Fsp3) is 0.333. The van der Waals surface area contributed by atoms with Gasteiger partial charge in [-0.15, -0.1) is 0 Å². The van der Waals surface area contributed by atoms with Crippen LogP contribution >= 0.6 is 0 Å². The molecule has 1 aliphatic rings. The highest BCUT2D eigenvalue weighted by Gasteiger charge is 2.28. The van der Waals surface area contributed by atoms with Gasteiger partial charge in [0.25, 0.3) is 0 Å². The molecule has 0 atom stereocenters. The first-order valence-corrected chi connectivity index (χ1v) is 7.67. The molecule has 0 radical (unpaired) electrons. The number of hydrogen-bond donors (Lipinski definition) is 0. The Bertz CT molecular complexity index is 639. The second kappa shape index (κ2) is 4.94. The number of aryl methyl sites for hydroxylation is 1. The molecule has 0 unspecified atom stereocenters. The second-order valence-electron chi connectivity index (χ2n) is 5.10. The van der Waals surface area contributed by atoms with Gasteiger partial charge >= 0.3 is 0 Å². The summed E-state index contributed by atoms with van der Waals surface area (Å²) in [7, 11) is -3.43. The van der Waals surface area contributed by atoms with Crippen LogP contribution in [0.2, 0.25) is 0 Å². The molecule has 1 aromatic rings. The van der Waals surface area contributed by atoms with Crippen molar-refractivity contribution in [3.63, 3.8) is 0 Å². The number of rotatable bonds is 2. The molecule has 0 fully saturated rings. The van der Waals surface area contributed by atoms with Crippen LogP contribution in [0.25, 0.3) is 0 Å². The normalized spacial score (nSPS) is 17.9. The third-order valence-electron chi connectivity index (χ3n) is 3.61. The van der Waals surface area contributed by atoms with Gasteiger partial charge in [0.05, 0.1) is 4.90 Å². The molecule has 0 saturated carbocycles. The highest BCUT2D eigenvalue weighted by molar-refractivity contribution is 7.89. The van der Waals surface area contributed by atoms with Crippen LogP contribution in [0.15, 0.2) is 52.5 Å². The van der Waals surface area contributed by atoms with Crippen molar-refractivity contribution in [2.45, 2.75) is 25.7 Å². The maximum Gasteiger partial charge on any atom is 0.243 e. The molecule has 1 aromatic carbocycles. The van der Waals surface area contributed by atoms with Crippen molar-refractivity contribution in [1.82, 2.24) is 4.31 Å². The summed E-state index contributed by atoms with van der Waals surface area (Å²) in [6, 6.07) is 6.96. The molecule has 102 valence electrons. The topological polar surface area (TPSA) is 37.4 Å². The maximum absolute atomic E-state index is 12.6. The molecule has 0 bridgehead atoms. The molecule has 0 spiro atoms. The Morgan fingerprint density at radius 1 is 1.05 bits per heavy atom. The molecule has 4 heteroatoms. The predicted octanol–water partition coefficient (Wildman–Crippen LogP) is 2.89. The van der Waals surface area contributed by atoms with Crippen LogP contribution in [0.1, 0.15) is 19.4 Å². The van der Waals surface area contributed by atoms with E-state index in [0.29, 0.717) is 18.0 Å². The van der Waals surface area contributed by atoms with Crippen molar-refractivity contribution in [3.05, 3.63) is 53.1 Å². The van der Waals surface area contributed by atoms with Crippen molar-refractivity contribution in [2.24, 2.45) is 0 Å². The van der Waals surface area contributed by atoms with E-state index in [0.717, 1.165) is 22.3 Å². The molecule has 0 saturated heterocycles. The van der Waals surface area contributed by atoms with Crippen molar-refractivity contribution in [1.29, 1.82) is 0 Å². The molecule has 3 nitrogen and oxygen atoms in total. The zero-order chi connectivity index (χ0) is 14.2. The molecule has 1 aliphatic heterocycles. The summed E-state index contributed by atoms with van der Waals surface area (Å²) in [5.41, 5.74) is 4.11. The van der Waals surface area contributed by atoms with Crippen LogP contribution < -0.4 is 0 Å². The van der Waals surface area contributed by atoms with Crippen molar-refractivity contribution >= 4 is 10.0 Å². The third-order valence-corrected chi connectivity index (χ3v) is 5.42. The summed E-state index contributed by atoms with van der Waals surface area (Å²) in [5.74, 6) is 0. The summed E-state index contributed by atoms with van der Waals surface area (Å²) in [6.45, 7) is 10.7. The van der Waals surface area contributed by atoms with Gasteiger partial charge in [0, 0.05) is 13.1 Å². The standard InChI is InChI=1S/C15H19NO2S/c1-11-5-7-15(8-6-11)19(17,18)16-9-12(2)14(4)13(3)10-16/h5-8H,2,9-10H2,1,3-4H3. The molecule has 0 aromatic heterocycles. The van der Waals surface area contributed by atoms with Crippen LogP contribution in [-0.2, 0) is 10.0 Å². The van der Waals surface area contributed by atoms with E-state index in [9.17, 15) is 8.42 Å². The van der Waals surface area contributed by atoms with Crippen molar-refractivity contribution in [3.8, 4) is 0 Å². The van der Waals surface area contributed by atoms with E-state index in [4.69, 9.17) is 0 Å². The van der Waals surface area contributed by atoms with Gasteiger partial charge in [-0.25, -0.2) is 8.42 Å². The smallest absolute Gasteiger partial charge is 0.207 e. The largest absolute Gasteiger partial charge is 0.243 e. The first-order chi connectivity index (χ1) is 8.82. The average molecular weight is 277 g/mol. The first-order valence-electron chi connectivity index (χ1n) is 6.23. The fourth-order valence-electron chi connectivity index (χ4n) is 2.10. The number of hydrogen-bond acceptors (Lipinski definition) is 2. The van der Waals surface area contributed by atoms with Crippen molar-refractivity contribution in [2.75, 3.05) is 13.1 Å². The van der Waals surface area contributed by atoms with Gasteiger partial charge in [-0.05, 0) is 44.1 Å². The lowest BCUT2D eigenvalue weighted by Crippen LogP contribution is -2.37. The van der Waals surface area contributed by atoms with Crippen LogP contribution in [-0.4, -0.2) is 25.8 Å². The van der Waals surface area contributed by atoms with Gasteiger partial charge in [0.15, 0.2) is 0 Å². The van der Waals surface area contributed by atoms with Gasteiger partial charge < -0.3 is 0 Å². The zero-order valence-corrected chi connectivity index (χ0v) is 12.4. The third kappa shape index (κ3) is 2.65. The Balaban J connectivity index is 2.37. The van der Waals surface area contributed by atoms with Crippen LogP contribution in [0.4, 0.5) is 0 Å². The molecule has 2 rings (SSSR count). The van der Waals surface area contributed by atoms with Gasteiger partial charge in [-0.1, -0.05) is 29.8 Å². The van der Waals surface area contributed by atoms with Gasteiger partial charge in [0.1, 0.15) is 0 Å². The average Bonchev–Trinajstić information content (AvgIpc) is 2.35. The second-order valence-corrected chi connectivity index (χ2v) is 7.03. The lowest BCUT2D eigenvalue weighted by atomic mass is 10.0.